The molecule has 1 aromatic heterocycles. The molecule has 0 aliphatic rings. The summed E-state index contributed by atoms with van der Waals surface area (Å²) >= 11 is 3.39. The molecule has 3 aromatic rings. The van der Waals surface area contributed by atoms with Crippen LogP contribution in [0.1, 0.15) is 0 Å². The second-order valence-corrected chi connectivity index (χ2v) is 5.53. The van der Waals surface area contributed by atoms with E-state index in [9.17, 15) is 9.18 Å². The molecule has 0 aliphatic heterocycles. The van der Waals surface area contributed by atoms with Gasteiger partial charge in [0.25, 0.3) is 0 Å². The Hall–Kier alpha value is -2.14. The predicted molar refractivity (Wildman–Crippen MR) is 84.7 cm³/mol. The molecule has 3 rings (SSSR count). The van der Waals surface area contributed by atoms with Gasteiger partial charge in [-0.3, -0.25) is 4.79 Å². The van der Waals surface area contributed by atoms with Crippen molar-refractivity contribution in [3.05, 3.63) is 65.0 Å². The van der Waals surface area contributed by atoms with Gasteiger partial charge in [0.2, 0.25) is 5.91 Å². The molecule has 3 nitrogen and oxygen atoms in total. The standard InChI is InChI=1S/C16H12BrFN2O/c17-13-3-1-2-4-14(13)19-16(21)10-20-8-7-11-9-12(18)5-6-15(11)20/h1-9H,10H2,(H,19,21). The molecule has 0 saturated heterocycles. The first-order chi connectivity index (χ1) is 10.1. The zero-order chi connectivity index (χ0) is 14.8. The number of benzene rings is 2. The number of amides is 1. The largest absolute Gasteiger partial charge is 0.338 e. The lowest BCUT2D eigenvalue weighted by molar-refractivity contribution is -0.116. The van der Waals surface area contributed by atoms with Crippen LogP contribution in [0.2, 0.25) is 0 Å². The number of aromatic nitrogens is 1. The van der Waals surface area contributed by atoms with Gasteiger partial charge < -0.3 is 9.88 Å². The zero-order valence-corrected chi connectivity index (χ0v) is 12.6. The summed E-state index contributed by atoms with van der Waals surface area (Å²) in [6.45, 7) is 0.177. The van der Waals surface area contributed by atoms with Crippen molar-refractivity contribution in [3.8, 4) is 0 Å². The molecule has 0 spiro atoms. The van der Waals surface area contributed by atoms with E-state index in [1.165, 1.54) is 12.1 Å². The third-order valence-corrected chi connectivity index (χ3v) is 3.89. The first-order valence-electron chi connectivity index (χ1n) is 6.42. The summed E-state index contributed by atoms with van der Waals surface area (Å²) in [5, 5.41) is 3.63. The number of fused-ring (bicyclic) bond motifs is 1. The average Bonchev–Trinajstić information content (AvgIpc) is 2.83. The van der Waals surface area contributed by atoms with Crippen molar-refractivity contribution in [1.29, 1.82) is 0 Å². The molecule has 1 heterocycles. The van der Waals surface area contributed by atoms with Crippen molar-refractivity contribution in [2.24, 2.45) is 0 Å². The van der Waals surface area contributed by atoms with Crippen LogP contribution in [-0.4, -0.2) is 10.5 Å². The van der Waals surface area contributed by atoms with Crippen molar-refractivity contribution in [3.63, 3.8) is 0 Å². The molecule has 0 atom stereocenters. The number of carbonyl (C=O) groups is 1. The smallest absolute Gasteiger partial charge is 0.244 e. The lowest BCUT2D eigenvalue weighted by atomic mass is 10.2. The maximum Gasteiger partial charge on any atom is 0.244 e. The van der Waals surface area contributed by atoms with E-state index in [1.54, 1.807) is 22.9 Å². The fourth-order valence-corrected chi connectivity index (χ4v) is 2.60. The van der Waals surface area contributed by atoms with Crippen molar-refractivity contribution in [1.82, 2.24) is 4.57 Å². The lowest BCUT2D eigenvalue weighted by Gasteiger charge is -2.09. The number of rotatable bonds is 3. The Bertz CT molecular complexity index is 813. The Morgan fingerprint density at radius 1 is 1.19 bits per heavy atom. The maximum absolute atomic E-state index is 13.1. The summed E-state index contributed by atoms with van der Waals surface area (Å²) in [6.07, 6.45) is 1.78. The van der Waals surface area contributed by atoms with Gasteiger partial charge in [0, 0.05) is 21.6 Å². The van der Waals surface area contributed by atoms with Gasteiger partial charge in [-0.15, -0.1) is 0 Å². The minimum atomic E-state index is -0.280. The van der Waals surface area contributed by atoms with Crippen LogP contribution < -0.4 is 5.32 Å². The van der Waals surface area contributed by atoms with Crippen molar-refractivity contribution in [2.75, 3.05) is 5.32 Å². The molecule has 5 heteroatoms. The van der Waals surface area contributed by atoms with Gasteiger partial charge >= 0.3 is 0 Å². The second-order valence-electron chi connectivity index (χ2n) is 4.67. The van der Waals surface area contributed by atoms with E-state index in [0.29, 0.717) is 0 Å². The Morgan fingerprint density at radius 2 is 2.00 bits per heavy atom. The van der Waals surface area contributed by atoms with Crippen LogP contribution in [0.5, 0.6) is 0 Å². The highest BCUT2D eigenvalue weighted by atomic mass is 79.9. The molecule has 106 valence electrons. The number of halogens is 2. The molecule has 0 fully saturated rings. The highest BCUT2D eigenvalue weighted by Crippen LogP contribution is 2.21. The van der Waals surface area contributed by atoms with E-state index in [4.69, 9.17) is 0 Å². The van der Waals surface area contributed by atoms with E-state index >= 15 is 0 Å². The van der Waals surface area contributed by atoms with Gasteiger partial charge in [-0.25, -0.2) is 4.39 Å². The van der Waals surface area contributed by atoms with E-state index in [1.807, 2.05) is 24.3 Å². The minimum absolute atomic E-state index is 0.135. The Balaban J connectivity index is 1.79. The quantitative estimate of drug-likeness (QED) is 0.758. The number of carbonyl (C=O) groups excluding carboxylic acids is 1. The number of hydrogen-bond acceptors (Lipinski definition) is 1. The summed E-state index contributed by atoms with van der Waals surface area (Å²) in [6, 6.07) is 13.7. The molecule has 0 unspecified atom stereocenters. The van der Waals surface area contributed by atoms with Crippen molar-refractivity contribution >= 4 is 38.4 Å². The van der Waals surface area contributed by atoms with E-state index in [0.717, 1.165) is 21.1 Å². The number of nitrogens with zero attached hydrogens (tertiary/aromatic N) is 1. The van der Waals surface area contributed by atoms with Crippen LogP contribution in [0.15, 0.2) is 59.2 Å². The number of nitrogens with one attached hydrogen (secondary N) is 1. The summed E-state index contributed by atoms with van der Waals surface area (Å²) < 4.78 is 15.8. The van der Waals surface area contributed by atoms with Gasteiger partial charge in [-0.05, 0) is 52.3 Å². The Labute approximate surface area is 129 Å². The third-order valence-electron chi connectivity index (χ3n) is 3.19. The number of anilines is 1. The molecular formula is C16H12BrFN2O. The third kappa shape index (κ3) is 2.97. The minimum Gasteiger partial charge on any atom is -0.338 e. The zero-order valence-electron chi connectivity index (χ0n) is 11.0. The van der Waals surface area contributed by atoms with Crippen LogP contribution in [0.25, 0.3) is 10.9 Å². The summed E-state index contributed by atoms with van der Waals surface area (Å²) in [5.74, 6) is -0.415. The second kappa shape index (κ2) is 5.69. The summed E-state index contributed by atoms with van der Waals surface area (Å²) in [5.41, 5.74) is 1.56. The monoisotopic (exact) mass is 346 g/mol. The van der Waals surface area contributed by atoms with Crippen molar-refractivity contribution in [2.45, 2.75) is 6.54 Å². The molecule has 0 radical (unpaired) electrons. The van der Waals surface area contributed by atoms with E-state index in [2.05, 4.69) is 21.2 Å². The van der Waals surface area contributed by atoms with Gasteiger partial charge in [0.1, 0.15) is 12.4 Å². The molecular weight excluding hydrogens is 335 g/mol. The van der Waals surface area contributed by atoms with Gasteiger partial charge in [0.05, 0.1) is 5.69 Å². The SMILES string of the molecule is O=C(Cn1ccc2cc(F)ccc21)Nc1ccccc1Br. The van der Waals surface area contributed by atoms with Gasteiger partial charge in [-0.2, -0.15) is 0 Å². The van der Waals surface area contributed by atoms with Crippen LogP contribution in [0.3, 0.4) is 0 Å². The molecule has 1 amide bonds. The maximum atomic E-state index is 13.1. The highest BCUT2D eigenvalue weighted by Gasteiger charge is 2.08. The summed E-state index contributed by atoms with van der Waals surface area (Å²) in [7, 11) is 0. The van der Waals surface area contributed by atoms with Crippen LogP contribution in [0, 0.1) is 5.82 Å². The fraction of sp³-hybridized carbons (Fsp3) is 0.0625. The highest BCUT2D eigenvalue weighted by molar-refractivity contribution is 9.10. The molecule has 1 N–H and O–H groups in total. The normalized spacial score (nSPS) is 10.8. The van der Waals surface area contributed by atoms with Crippen LogP contribution in [0.4, 0.5) is 10.1 Å². The van der Waals surface area contributed by atoms with Crippen molar-refractivity contribution < 1.29 is 9.18 Å². The van der Waals surface area contributed by atoms with Gasteiger partial charge in [-0.1, -0.05) is 12.1 Å². The molecule has 2 aromatic carbocycles. The lowest BCUT2D eigenvalue weighted by Crippen LogP contribution is -2.18. The molecule has 0 saturated carbocycles. The summed E-state index contributed by atoms with van der Waals surface area (Å²) in [4.78, 5) is 12.1. The van der Waals surface area contributed by atoms with Crippen LogP contribution in [-0.2, 0) is 11.3 Å². The number of para-hydroxylation sites is 1. The first-order valence-corrected chi connectivity index (χ1v) is 7.21. The van der Waals surface area contributed by atoms with Crippen LogP contribution >= 0.6 is 15.9 Å². The number of hydrogen-bond donors (Lipinski definition) is 1. The topological polar surface area (TPSA) is 34.0 Å². The first kappa shape index (κ1) is 13.8. The average molecular weight is 347 g/mol. The fourth-order valence-electron chi connectivity index (χ4n) is 2.22. The van der Waals surface area contributed by atoms with E-state index < -0.39 is 0 Å². The molecule has 21 heavy (non-hydrogen) atoms. The molecule has 0 aliphatic carbocycles. The predicted octanol–water partition coefficient (Wildman–Crippen LogP) is 4.18. The Kier molecular flexibility index (Phi) is 3.75. The Morgan fingerprint density at radius 3 is 2.81 bits per heavy atom. The molecule has 0 bridgehead atoms. The van der Waals surface area contributed by atoms with Gasteiger partial charge in [0.15, 0.2) is 0 Å². The van der Waals surface area contributed by atoms with E-state index in [-0.39, 0.29) is 18.3 Å².